The molecule has 0 fully saturated rings. The zero-order valence-electron chi connectivity index (χ0n) is 8.95. The maximum Gasteiger partial charge on any atom is 0.155 e. The number of nitrogens with zero attached hydrogens (tertiary/aromatic N) is 4. The molecule has 0 radical (unpaired) electrons. The minimum atomic E-state index is 0.231. The molecule has 2 heterocycles. The molecule has 16 heavy (non-hydrogen) atoms. The maximum absolute atomic E-state index is 8.68. The summed E-state index contributed by atoms with van der Waals surface area (Å²) < 4.78 is 1.66. The molecule has 5 nitrogen and oxygen atoms in total. The van der Waals surface area contributed by atoms with Gasteiger partial charge in [0.15, 0.2) is 5.82 Å². The fourth-order valence-electron chi connectivity index (χ4n) is 1.43. The van der Waals surface area contributed by atoms with Gasteiger partial charge in [-0.05, 0) is 31.4 Å². The van der Waals surface area contributed by atoms with E-state index in [-0.39, 0.29) is 6.61 Å². The molecule has 0 spiro atoms. The second-order valence-corrected chi connectivity index (χ2v) is 3.52. The van der Waals surface area contributed by atoms with E-state index >= 15 is 0 Å². The summed E-state index contributed by atoms with van der Waals surface area (Å²) in [5.74, 6) is 0.767. The van der Waals surface area contributed by atoms with Crippen LogP contribution in [-0.2, 0) is 6.42 Å². The molecule has 0 atom stereocenters. The first kappa shape index (κ1) is 10.8. The number of aliphatic hydroxyl groups excluding tert-OH is 1. The summed E-state index contributed by atoms with van der Waals surface area (Å²) in [5, 5.41) is 16.7. The van der Waals surface area contributed by atoms with Gasteiger partial charge in [0.1, 0.15) is 0 Å². The van der Waals surface area contributed by atoms with Gasteiger partial charge < -0.3 is 5.11 Å². The van der Waals surface area contributed by atoms with Gasteiger partial charge in [-0.2, -0.15) is 0 Å². The largest absolute Gasteiger partial charge is 0.396 e. The first-order chi connectivity index (χ1) is 7.90. The van der Waals surface area contributed by atoms with Crippen molar-refractivity contribution < 1.29 is 5.11 Å². The summed E-state index contributed by atoms with van der Waals surface area (Å²) in [6.07, 6.45) is 6.17. The van der Waals surface area contributed by atoms with Crippen LogP contribution in [0, 0.1) is 0 Å². The van der Waals surface area contributed by atoms with Crippen LogP contribution in [-0.4, -0.2) is 31.7 Å². The van der Waals surface area contributed by atoms with Crippen molar-refractivity contribution in [3.05, 3.63) is 36.3 Å². The Hall–Kier alpha value is -1.75. The molecule has 0 aliphatic carbocycles. The van der Waals surface area contributed by atoms with Crippen molar-refractivity contribution in [2.24, 2.45) is 0 Å². The lowest BCUT2D eigenvalue weighted by Crippen LogP contribution is -1.96. The van der Waals surface area contributed by atoms with Crippen LogP contribution >= 0.6 is 0 Å². The molecule has 2 aromatic heterocycles. The number of hydrogen-bond acceptors (Lipinski definition) is 4. The molecule has 2 aromatic rings. The van der Waals surface area contributed by atoms with Gasteiger partial charge in [-0.1, -0.05) is 11.3 Å². The van der Waals surface area contributed by atoms with Gasteiger partial charge in [0.05, 0.1) is 11.9 Å². The van der Waals surface area contributed by atoms with Gasteiger partial charge in [0, 0.05) is 12.8 Å². The number of pyridine rings is 1. The molecule has 0 bridgehead atoms. The second-order valence-electron chi connectivity index (χ2n) is 3.52. The van der Waals surface area contributed by atoms with E-state index < -0.39 is 0 Å². The van der Waals surface area contributed by atoms with E-state index in [9.17, 15) is 0 Å². The highest BCUT2D eigenvalue weighted by molar-refractivity contribution is 5.19. The molecule has 1 N–H and O–H groups in total. The third-order valence-corrected chi connectivity index (χ3v) is 2.27. The van der Waals surface area contributed by atoms with Crippen LogP contribution in [0.15, 0.2) is 30.6 Å². The highest BCUT2D eigenvalue weighted by atomic mass is 16.2. The standard InChI is InChI=1S/C11H14N4O/c16-8-4-2-5-10-9-15(14-13-10)11-6-1-3-7-12-11/h1,3,6-7,9,16H,2,4-5,8H2. The zero-order chi connectivity index (χ0) is 11.2. The van der Waals surface area contributed by atoms with E-state index in [1.54, 1.807) is 10.9 Å². The molecule has 0 aliphatic heterocycles. The Kier molecular flexibility index (Phi) is 3.61. The number of rotatable bonds is 5. The Labute approximate surface area is 93.8 Å². The molecule has 0 amide bonds. The Morgan fingerprint density at radius 3 is 2.94 bits per heavy atom. The van der Waals surface area contributed by atoms with Gasteiger partial charge in [0.2, 0.25) is 0 Å². The molecule has 5 heteroatoms. The summed E-state index contributed by atoms with van der Waals surface area (Å²) in [5.41, 5.74) is 0.930. The number of aliphatic hydroxyl groups is 1. The summed E-state index contributed by atoms with van der Waals surface area (Å²) in [4.78, 5) is 4.18. The minimum Gasteiger partial charge on any atom is -0.396 e. The van der Waals surface area contributed by atoms with Gasteiger partial charge >= 0.3 is 0 Å². The third-order valence-electron chi connectivity index (χ3n) is 2.27. The van der Waals surface area contributed by atoms with Crippen LogP contribution in [0.4, 0.5) is 0 Å². The van der Waals surface area contributed by atoms with Gasteiger partial charge in [-0.3, -0.25) is 0 Å². The predicted molar refractivity (Wildman–Crippen MR) is 59.2 cm³/mol. The highest BCUT2D eigenvalue weighted by Crippen LogP contribution is 2.04. The summed E-state index contributed by atoms with van der Waals surface area (Å²) in [6.45, 7) is 0.231. The monoisotopic (exact) mass is 218 g/mol. The molecule has 0 saturated heterocycles. The quantitative estimate of drug-likeness (QED) is 0.760. The first-order valence-electron chi connectivity index (χ1n) is 5.33. The van der Waals surface area contributed by atoms with E-state index in [1.807, 2.05) is 24.4 Å². The first-order valence-corrected chi connectivity index (χ1v) is 5.33. The van der Waals surface area contributed by atoms with Crippen LogP contribution in [0.3, 0.4) is 0 Å². The SMILES string of the molecule is OCCCCc1cn(-c2ccccn2)nn1. The lowest BCUT2D eigenvalue weighted by Gasteiger charge is -1.96. The molecule has 0 aromatic carbocycles. The smallest absolute Gasteiger partial charge is 0.155 e. The van der Waals surface area contributed by atoms with Crippen molar-refractivity contribution in [3.63, 3.8) is 0 Å². The van der Waals surface area contributed by atoms with Crippen molar-refractivity contribution in [3.8, 4) is 5.82 Å². The molecular formula is C11H14N4O. The average Bonchev–Trinajstić information content (AvgIpc) is 2.79. The van der Waals surface area contributed by atoms with Crippen molar-refractivity contribution in [1.82, 2.24) is 20.0 Å². The van der Waals surface area contributed by atoms with Crippen molar-refractivity contribution >= 4 is 0 Å². The van der Waals surface area contributed by atoms with Gasteiger partial charge in [-0.15, -0.1) is 5.10 Å². The van der Waals surface area contributed by atoms with Gasteiger partial charge in [-0.25, -0.2) is 9.67 Å². The number of unbranched alkanes of at least 4 members (excludes halogenated alkanes) is 1. The molecule has 84 valence electrons. The fraction of sp³-hybridized carbons (Fsp3) is 0.364. The van der Waals surface area contributed by atoms with Crippen molar-refractivity contribution in [2.45, 2.75) is 19.3 Å². The van der Waals surface area contributed by atoms with E-state index in [0.29, 0.717) is 0 Å². The Morgan fingerprint density at radius 2 is 2.19 bits per heavy atom. The van der Waals surface area contributed by atoms with Crippen LogP contribution in [0.25, 0.3) is 5.82 Å². The molecule has 0 aliphatic rings. The highest BCUT2D eigenvalue weighted by Gasteiger charge is 2.02. The van der Waals surface area contributed by atoms with E-state index in [4.69, 9.17) is 5.11 Å². The summed E-state index contributed by atoms with van der Waals surface area (Å²) in [6, 6.07) is 5.66. The number of aromatic nitrogens is 4. The lowest BCUT2D eigenvalue weighted by molar-refractivity contribution is 0.284. The Balaban J connectivity index is 2.02. The van der Waals surface area contributed by atoms with E-state index in [2.05, 4.69) is 15.3 Å². The number of aryl methyl sites for hydroxylation is 1. The molecule has 0 unspecified atom stereocenters. The van der Waals surface area contributed by atoms with Crippen molar-refractivity contribution in [2.75, 3.05) is 6.61 Å². The van der Waals surface area contributed by atoms with Crippen molar-refractivity contribution in [1.29, 1.82) is 0 Å². The summed E-state index contributed by atoms with van der Waals surface area (Å²) in [7, 11) is 0. The maximum atomic E-state index is 8.68. The summed E-state index contributed by atoms with van der Waals surface area (Å²) >= 11 is 0. The lowest BCUT2D eigenvalue weighted by atomic mass is 10.2. The predicted octanol–water partition coefficient (Wildman–Crippen LogP) is 0.977. The Morgan fingerprint density at radius 1 is 1.25 bits per heavy atom. The second kappa shape index (κ2) is 5.37. The molecular weight excluding hydrogens is 204 g/mol. The number of hydrogen-bond donors (Lipinski definition) is 1. The van der Waals surface area contributed by atoms with Crippen LogP contribution < -0.4 is 0 Å². The average molecular weight is 218 g/mol. The zero-order valence-corrected chi connectivity index (χ0v) is 8.95. The van der Waals surface area contributed by atoms with Crippen LogP contribution in [0.5, 0.6) is 0 Å². The topological polar surface area (TPSA) is 63.8 Å². The molecule has 0 saturated carbocycles. The van der Waals surface area contributed by atoms with Gasteiger partial charge in [0.25, 0.3) is 0 Å². The van der Waals surface area contributed by atoms with Crippen LogP contribution in [0.2, 0.25) is 0 Å². The van der Waals surface area contributed by atoms with Crippen LogP contribution in [0.1, 0.15) is 18.5 Å². The Bertz CT molecular complexity index is 427. The van der Waals surface area contributed by atoms with E-state index in [1.165, 1.54) is 0 Å². The molecule has 2 rings (SSSR count). The normalized spacial score (nSPS) is 10.6. The minimum absolute atomic E-state index is 0.231. The fourth-order valence-corrected chi connectivity index (χ4v) is 1.43. The van der Waals surface area contributed by atoms with E-state index in [0.717, 1.165) is 30.8 Å². The third kappa shape index (κ3) is 2.64.